The Hall–Kier alpha value is 0.760. The summed E-state index contributed by atoms with van der Waals surface area (Å²) in [5, 5.41) is 0. The van der Waals surface area contributed by atoms with Crippen molar-refractivity contribution >= 4 is 105 Å². The van der Waals surface area contributed by atoms with Crippen molar-refractivity contribution in [3.63, 3.8) is 0 Å². The van der Waals surface area contributed by atoms with Crippen molar-refractivity contribution in [2.45, 2.75) is 6.84 Å². The molecule has 2 aromatic carbocycles. The molecule has 132 valence electrons. The van der Waals surface area contributed by atoms with E-state index in [0.29, 0.717) is 0 Å². The van der Waals surface area contributed by atoms with Gasteiger partial charge in [-0.05, 0) is 87.0 Å². The second kappa shape index (κ2) is 9.80. The summed E-state index contributed by atoms with van der Waals surface area (Å²) in [6, 6.07) is 19.9. The second-order valence-electron chi connectivity index (χ2n) is 4.94. The van der Waals surface area contributed by atoms with Gasteiger partial charge in [-0.1, -0.05) is 92.5 Å². The lowest BCUT2D eigenvalue weighted by atomic mass is 10.2. The number of ether oxygens (including phenoxy) is 1. The minimum atomic E-state index is -0.901. The van der Waals surface area contributed by atoms with E-state index in [1.807, 2.05) is 72.8 Å². The van der Waals surface area contributed by atoms with Gasteiger partial charge in [-0.3, -0.25) is 0 Å². The van der Waals surface area contributed by atoms with Gasteiger partial charge in [0.05, 0.1) is 0 Å². The van der Waals surface area contributed by atoms with E-state index >= 15 is 0 Å². The Kier molecular flexibility index (Phi) is 8.65. The van der Waals surface area contributed by atoms with E-state index in [4.69, 9.17) is 4.74 Å². The van der Waals surface area contributed by atoms with Crippen LogP contribution in [-0.4, -0.2) is 6.84 Å². The lowest BCUT2D eigenvalue weighted by Gasteiger charge is -2.27. The topological polar surface area (TPSA) is 9.23 Å². The number of halogens is 6. The predicted octanol–water partition coefficient (Wildman–Crippen LogP) is 8.76. The van der Waals surface area contributed by atoms with Crippen LogP contribution in [0.1, 0.15) is 11.1 Å². The smallest absolute Gasteiger partial charge is 0.200 e. The Balaban J connectivity index is 2.18. The van der Waals surface area contributed by atoms with Crippen LogP contribution < -0.4 is 0 Å². The van der Waals surface area contributed by atoms with E-state index in [0.717, 1.165) is 20.1 Å². The fourth-order valence-electron chi connectivity index (χ4n) is 1.90. The van der Waals surface area contributed by atoms with Gasteiger partial charge in [0, 0.05) is 8.96 Å². The highest BCUT2D eigenvalue weighted by Crippen LogP contribution is 2.45. The maximum Gasteiger partial charge on any atom is 0.200 e. The summed E-state index contributed by atoms with van der Waals surface area (Å²) in [5.41, 5.74) is 2.09. The molecule has 2 rings (SSSR count). The van der Waals surface area contributed by atoms with Crippen LogP contribution in [0.25, 0.3) is 8.96 Å². The maximum absolute atomic E-state index is 6.06. The van der Waals surface area contributed by atoms with Crippen LogP contribution in [0, 0.1) is 0 Å². The van der Waals surface area contributed by atoms with E-state index in [1.54, 1.807) is 0 Å². The molecule has 0 aliphatic heterocycles. The Morgan fingerprint density at radius 2 is 0.960 bits per heavy atom. The van der Waals surface area contributed by atoms with Crippen molar-refractivity contribution in [2.75, 3.05) is 0 Å². The molecule has 0 saturated carbocycles. The van der Waals surface area contributed by atoms with Crippen molar-refractivity contribution in [2.24, 2.45) is 0 Å². The third kappa shape index (κ3) is 7.72. The highest BCUT2D eigenvalue weighted by molar-refractivity contribution is 9.26. The van der Waals surface area contributed by atoms with Crippen LogP contribution in [0.2, 0.25) is 0 Å². The quantitative estimate of drug-likeness (QED) is 0.271. The summed E-state index contributed by atoms with van der Waals surface area (Å²) in [4.78, 5) is 0. The third-order valence-electron chi connectivity index (χ3n) is 2.96. The van der Waals surface area contributed by atoms with Gasteiger partial charge in [-0.2, -0.15) is 0 Å². The van der Waals surface area contributed by atoms with Crippen LogP contribution in [-0.2, 0) is 4.74 Å². The number of alkyl halides is 4. The van der Waals surface area contributed by atoms with Gasteiger partial charge < -0.3 is 4.74 Å². The molecule has 0 unspecified atom stereocenters. The molecule has 0 aliphatic carbocycles. The molecule has 0 aromatic heterocycles. The highest BCUT2D eigenvalue weighted by Gasteiger charge is 2.33. The first-order chi connectivity index (χ1) is 11.7. The maximum atomic E-state index is 6.06. The molecule has 0 aliphatic rings. The van der Waals surface area contributed by atoms with Crippen molar-refractivity contribution in [3.8, 4) is 0 Å². The van der Waals surface area contributed by atoms with Gasteiger partial charge in [0.1, 0.15) is 0 Å². The average Bonchev–Trinajstić information content (AvgIpc) is 2.54. The lowest BCUT2D eigenvalue weighted by Crippen LogP contribution is -2.25. The van der Waals surface area contributed by atoms with Crippen molar-refractivity contribution in [3.05, 3.63) is 83.9 Å². The molecule has 0 fully saturated rings. The normalized spacial score (nSPS) is 13.8. The van der Waals surface area contributed by atoms with Gasteiger partial charge in [0.15, 0.2) is 0 Å². The Labute approximate surface area is 198 Å². The van der Waals surface area contributed by atoms with Gasteiger partial charge >= 0.3 is 0 Å². The zero-order valence-corrected chi connectivity index (χ0v) is 22.1. The standard InChI is InChI=1S/C18H12Br6O/c19-15(13-7-3-1-4-8-13)11-17(21,22)25-18(23,24)12-16(20)14-9-5-2-6-10-14/h1-12H. The molecule has 7 heteroatoms. The van der Waals surface area contributed by atoms with E-state index in [-0.39, 0.29) is 0 Å². The molecule has 0 N–H and O–H groups in total. The molecule has 0 atom stereocenters. The summed E-state index contributed by atoms with van der Waals surface area (Å²) in [6.45, 7) is 0. The molecule has 25 heavy (non-hydrogen) atoms. The molecule has 0 radical (unpaired) electrons. The monoisotopic (exact) mass is 718 g/mol. The van der Waals surface area contributed by atoms with Gasteiger partial charge in [0.2, 0.25) is 6.84 Å². The molecular formula is C18H12Br6O. The molecule has 0 spiro atoms. The average molecular weight is 724 g/mol. The van der Waals surface area contributed by atoms with Crippen LogP contribution >= 0.6 is 95.6 Å². The fraction of sp³-hybridized carbons (Fsp3) is 0.111. The van der Waals surface area contributed by atoms with Crippen molar-refractivity contribution in [1.29, 1.82) is 0 Å². The largest absolute Gasteiger partial charge is 0.319 e. The van der Waals surface area contributed by atoms with Crippen LogP contribution in [0.5, 0.6) is 0 Å². The molecule has 1 nitrogen and oxygen atoms in total. The predicted molar refractivity (Wildman–Crippen MR) is 129 cm³/mol. The zero-order valence-electron chi connectivity index (χ0n) is 12.6. The Bertz CT molecular complexity index is 688. The summed E-state index contributed by atoms with van der Waals surface area (Å²) in [7, 11) is 0. The minimum Gasteiger partial charge on any atom is -0.319 e. The molecule has 0 amide bonds. The first kappa shape index (κ1) is 22.1. The van der Waals surface area contributed by atoms with Crippen LogP contribution in [0.15, 0.2) is 72.8 Å². The van der Waals surface area contributed by atoms with Crippen molar-refractivity contribution < 1.29 is 4.74 Å². The SMILES string of the molecule is BrC(=CC(Br)(Br)OC(Br)(Br)C=C(Br)c1ccccc1)c1ccccc1. The summed E-state index contributed by atoms with van der Waals surface area (Å²) < 4.78 is 6.05. The second-order valence-corrected chi connectivity index (χ2v) is 13.5. The van der Waals surface area contributed by atoms with E-state index in [9.17, 15) is 0 Å². The molecule has 0 saturated heterocycles. The van der Waals surface area contributed by atoms with E-state index < -0.39 is 6.84 Å². The van der Waals surface area contributed by atoms with Gasteiger partial charge in [-0.15, -0.1) is 0 Å². The van der Waals surface area contributed by atoms with E-state index in [1.165, 1.54) is 0 Å². The molecule has 2 aromatic rings. The first-order valence-electron chi connectivity index (χ1n) is 7.02. The highest BCUT2D eigenvalue weighted by atomic mass is 79.9. The zero-order chi connectivity index (χ0) is 18.5. The molecular weight excluding hydrogens is 712 g/mol. The number of hydrogen-bond acceptors (Lipinski definition) is 1. The number of rotatable bonds is 6. The van der Waals surface area contributed by atoms with Gasteiger partial charge in [-0.25, -0.2) is 0 Å². The number of benzene rings is 2. The summed E-state index contributed by atoms with van der Waals surface area (Å²) in [6.07, 6.45) is 3.76. The number of hydrogen-bond donors (Lipinski definition) is 0. The lowest BCUT2D eigenvalue weighted by molar-refractivity contribution is 0.122. The first-order valence-corrected chi connectivity index (χ1v) is 11.8. The van der Waals surface area contributed by atoms with E-state index in [2.05, 4.69) is 95.6 Å². The van der Waals surface area contributed by atoms with Crippen LogP contribution in [0.3, 0.4) is 0 Å². The third-order valence-corrected chi connectivity index (χ3v) is 5.90. The van der Waals surface area contributed by atoms with Crippen LogP contribution in [0.4, 0.5) is 0 Å². The summed E-state index contributed by atoms with van der Waals surface area (Å²) in [5.74, 6) is 0. The van der Waals surface area contributed by atoms with Gasteiger partial charge in [0.25, 0.3) is 0 Å². The summed E-state index contributed by atoms with van der Waals surface area (Å²) >= 11 is 21.3. The van der Waals surface area contributed by atoms with Crippen molar-refractivity contribution in [1.82, 2.24) is 0 Å². The minimum absolute atomic E-state index is 0.892. The Morgan fingerprint density at radius 1 is 0.640 bits per heavy atom. The molecule has 0 heterocycles. The fourth-order valence-corrected chi connectivity index (χ4v) is 7.10. The molecule has 0 bridgehead atoms. The Morgan fingerprint density at radius 3 is 1.28 bits per heavy atom.